The first kappa shape index (κ1) is 28.1. The molecule has 2 aliphatic heterocycles. The van der Waals surface area contributed by atoms with Gasteiger partial charge in [0, 0.05) is 16.5 Å². The van der Waals surface area contributed by atoms with Gasteiger partial charge in [-0.1, -0.05) is 65.6 Å². The van der Waals surface area contributed by atoms with Gasteiger partial charge in [-0.3, -0.25) is 23.7 Å². The first-order chi connectivity index (χ1) is 21.3. The monoisotopic (exact) mass is 625 g/mol. The Labute approximate surface area is 259 Å². The average Bonchev–Trinajstić information content (AvgIpc) is 3.47. The van der Waals surface area contributed by atoms with Crippen LogP contribution in [0.2, 0.25) is 0 Å². The number of nitrogens with one attached hydrogen (secondary N) is 1. The van der Waals surface area contributed by atoms with Gasteiger partial charge < -0.3 is 10.1 Å². The minimum atomic E-state index is -0.851. The van der Waals surface area contributed by atoms with Crippen molar-refractivity contribution in [3.05, 3.63) is 117 Å². The zero-order valence-corrected chi connectivity index (χ0v) is 24.9. The molecule has 1 aromatic heterocycles. The molecule has 3 atom stereocenters. The van der Waals surface area contributed by atoms with Gasteiger partial charge in [-0.15, -0.1) is 0 Å². The number of imide groups is 1. The van der Waals surface area contributed by atoms with Gasteiger partial charge in [0.2, 0.25) is 17.7 Å². The quantitative estimate of drug-likeness (QED) is 0.245. The smallest absolute Gasteiger partial charge is 0.308 e. The van der Waals surface area contributed by atoms with E-state index in [9.17, 15) is 23.6 Å². The van der Waals surface area contributed by atoms with E-state index < -0.39 is 40.6 Å². The summed E-state index contributed by atoms with van der Waals surface area (Å²) in [5, 5.41) is 4.48. The second kappa shape index (κ2) is 11.1. The van der Waals surface area contributed by atoms with Crippen LogP contribution in [0.5, 0.6) is 5.75 Å². The summed E-state index contributed by atoms with van der Waals surface area (Å²) < 4.78 is 20.5. The molecule has 0 radical (unpaired) electrons. The Bertz CT molecular complexity index is 2010. The molecule has 220 valence electrons. The molecule has 1 saturated heterocycles. The van der Waals surface area contributed by atoms with Crippen LogP contribution in [0.25, 0.3) is 10.8 Å². The lowest BCUT2D eigenvalue weighted by atomic mass is 9.83. The summed E-state index contributed by atoms with van der Waals surface area (Å²) in [4.78, 5) is 55.8. The highest BCUT2D eigenvalue weighted by molar-refractivity contribution is 8.00. The third-order valence-corrected chi connectivity index (χ3v) is 10.5. The van der Waals surface area contributed by atoms with E-state index in [2.05, 4.69) is 5.32 Å². The Kier molecular flexibility index (Phi) is 7.06. The van der Waals surface area contributed by atoms with E-state index >= 15 is 0 Å². The molecule has 5 aromatic rings. The van der Waals surface area contributed by atoms with Crippen LogP contribution < -0.4 is 19.8 Å². The highest BCUT2D eigenvalue weighted by Crippen LogP contribution is 2.54. The molecule has 4 aromatic carbocycles. The number of ether oxygens (including phenoxy) is 1. The second-order valence-electron chi connectivity index (χ2n) is 10.5. The minimum absolute atomic E-state index is 0.275. The van der Waals surface area contributed by atoms with E-state index in [-0.39, 0.29) is 11.4 Å². The van der Waals surface area contributed by atoms with Crippen molar-refractivity contribution >= 4 is 63.0 Å². The van der Waals surface area contributed by atoms with E-state index in [1.165, 1.54) is 28.7 Å². The normalized spacial score (nSPS) is 19.1. The van der Waals surface area contributed by atoms with Crippen molar-refractivity contribution in [2.24, 2.45) is 5.92 Å². The molecule has 0 aliphatic carbocycles. The lowest BCUT2D eigenvalue weighted by molar-refractivity contribution is -0.122. The molecule has 11 heteroatoms. The fraction of sp³-hybridized carbons (Fsp3) is 0.152. The van der Waals surface area contributed by atoms with Crippen LogP contribution in [0.3, 0.4) is 0 Å². The number of benzene rings is 4. The number of methoxy groups -OCH3 is 1. The molecule has 44 heavy (non-hydrogen) atoms. The van der Waals surface area contributed by atoms with Gasteiger partial charge in [-0.2, -0.15) is 0 Å². The standard InChI is InChI=1S/C33H24FN3O5S2/c1-42-24-14-12-23(13-15-24)37-30(39)27-26(19-6-9-21(34)10-7-19)29-32(43-28(27)31(37)40)36(33(41)44-29)17-25(38)35-22-11-8-18-4-2-3-5-20(18)16-22/h2-16,26-28H,17H2,1H3,(H,35,38). The molecule has 7 rings (SSSR count). The predicted octanol–water partition coefficient (Wildman–Crippen LogP) is 5.65. The predicted molar refractivity (Wildman–Crippen MR) is 168 cm³/mol. The number of thiazole rings is 1. The van der Waals surface area contributed by atoms with Crippen molar-refractivity contribution in [3.8, 4) is 5.75 Å². The van der Waals surface area contributed by atoms with Crippen LogP contribution in [0.15, 0.2) is 101 Å². The number of aromatic nitrogens is 1. The van der Waals surface area contributed by atoms with Gasteiger partial charge >= 0.3 is 4.87 Å². The fourth-order valence-electron chi connectivity index (χ4n) is 5.88. The van der Waals surface area contributed by atoms with Crippen molar-refractivity contribution in [2.45, 2.75) is 22.7 Å². The largest absolute Gasteiger partial charge is 0.497 e. The van der Waals surface area contributed by atoms with E-state index in [4.69, 9.17) is 4.74 Å². The highest BCUT2D eigenvalue weighted by atomic mass is 32.2. The first-order valence-electron chi connectivity index (χ1n) is 13.8. The zero-order valence-electron chi connectivity index (χ0n) is 23.2. The third kappa shape index (κ3) is 4.78. The lowest BCUT2D eigenvalue weighted by Gasteiger charge is -2.30. The number of nitrogens with zero attached hydrogens (tertiary/aromatic N) is 2. The number of carbonyl (C=O) groups excluding carboxylic acids is 3. The summed E-state index contributed by atoms with van der Waals surface area (Å²) in [6, 6.07) is 25.7. The molecule has 0 saturated carbocycles. The molecule has 0 spiro atoms. The number of halogens is 1. The molecular formula is C33H24FN3O5S2. The Hall–Kier alpha value is -4.74. The molecule has 1 fully saturated rings. The summed E-state index contributed by atoms with van der Waals surface area (Å²) in [5.41, 5.74) is 1.60. The van der Waals surface area contributed by atoms with E-state index in [1.54, 1.807) is 42.5 Å². The summed E-state index contributed by atoms with van der Waals surface area (Å²) >= 11 is 2.07. The number of amides is 3. The van der Waals surface area contributed by atoms with Crippen molar-refractivity contribution in [2.75, 3.05) is 17.3 Å². The van der Waals surface area contributed by atoms with Crippen molar-refractivity contribution < 1.29 is 23.5 Å². The van der Waals surface area contributed by atoms with Gasteiger partial charge in [0.25, 0.3) is 0 Å². The summed E-state index contributed by atoms with van der Waals surface area (Å²) in [5.74, 6) is -2.60. The van der Waals surface area contributed by atoms with Gasteiger partial charge in [0.05, 0.1) is 23.7 Å². The zero-order chi connectivity index (χ0) is 30.5. The maximum absolute atomic E-state index is 14.0. The number of hydrogen-bond donors (Lipinski definition) is 1. The SMILES string of the molecule is COc1ccc(N2C(=O)C3Sc4c(sc(=O)n4CC(=O)Nc4ccc5ccccc5c4)C(c4ccc(F)cc4)C3C2=O)cc1. The Morgan fingerprint density at radius 1 is 0.909 bits per heavy atom. The number of carbonyl (C=O) groups is 3. The average molecular weight is 626 g/mol. The van der Waals surface area contributed by atoms with Crippen LogP contribution in [-0.4, -0.2) is 34.6 Å². The molecule has 2 aliphatic rings. The molecule has 0 bridgehead atoms. The minimum Gasteiger partial charge on any atom is -0.497 e. The number of anilines is 2. The highest BCUT2D eigenvalue weighted by Gasteiger charge is 2.56. The topological polar surface area (TPSA) is 97.7 Å². The maximum Gasteiger partial charge on any atom is 0.308 e. The van der Waals surface area contributed by atoms with Crippen molar-refractivity contribution in [1.82, 2.24) is 4.57 Å². The summed E-state index contributed by atoms with van der Waals surface area (Å²) in [7, 11) is 1.53. The maximum atomic E-state index is 14.0. The third-order valence-electron chi connectivity index (χ3n) is 7.94. The van der Waals surface area contributed by atoms with Gasteiger partial charge in [-0.05, 0) is 64.9 Å². The Morgan fingerprint density at radius 3 is 2.36 bits per heavy atom. The molecular weight excluding hydrogens is 602 g/mol. The van der Waals surface area contributed by atoms with Crippen molar-refractivity contribution in [1.29, 1.82) is 0 Å². The van der Waals surface area contributed by atoms with Crippen LogP contribution in [0.4, 0.5) is 15.8 Å². The fourth-order valence-corrected chi connectivity index (χ4v) is 8.65. The van der Waals surface area contributed by atoms with E-state index in [0.29, 0.717) is 32.6 Å². The summed E-state index contributed by atoms with van der Waals surface area (Å²) in [6.07, 6.45) is 0. The van der Waals surface area contributed by atoms with Gasteiger partial charge in [-0.25, -0.2) is 9.29 Å². The van der Waals surface area contributed by atoms with Gasteiger partial charge in [0.15, 0.2) is 0 Å². The molecule has 3 heterocycles. The van der Waals surface area contributed by atoms with Crippen LogP contribution in [0.1, 0.15) is 16.4 Å². The molecule has 3 unspecified atom stereocenters. The number of fused-ring (bicyclic) bond motifs is 3. The van der Waals surface area contributed by atoms with Gasteiger partial charge in [0.1, 0.15) is 23.4 Å². The number of hydrogen-bond acceptors (Lipinski definition) is 7. The Morgan fingerprint density at radius 2 is 1.64 bits per heavy atom. The summed E-state index contributed by atoms with van der Waals surface area (Å²) in [6.45, 7) is -0.275. The number of thioether (sulfide) groups is 1. The Balaban J connectivity index is 1.25. The van der Waals surface area contributed by atoms with Crippen LogP contribution >= 0.6 is 23.1 Å². The number of rotatable bonds is 6. The first-order valence-corrected chi connectivity index (χ1v) is 15.5. The van der Waals surface area contributed by atoms with Crippen LogP contribution in [-0.2, 0) is 20.9 Å². The molecule has 1 N–H and O–H groups in total. The van der Waals surface area contributed by atoms with Crippen LogP contribution in [0, 0.1) is 11.7 Å². The molecule has 3 amide bonds. The van der Waals surface area contributed by atoms with E-state index in [0.717, 1.165) is 33.9 Å². The second-order valence-corrected chi connectivity index (χ2v) is 12.7. The lowest BCUT2D eigenvalue weighted by Crippen LogP contribution is -2.33. The van der Waals surface area contributed by atoms with E-state index in [1.807, 2.05) is 36.4 Å². The van der Waals surface area contributed by atoms with Crippen molar-refractivity contribution in [3.63, 3.8) is 0 Å². The molecule has 8 nitrogen and oxygen atoms in total.